The molecule has 2 atom stereocenters. The van der Waals surface area contributed by atoms with Crippen molar-refractivity contribution in [2.45, 2.75) is 25.3 Å². The van der Waals surface area contributed by atoms with Gasteiger partial charge in [0.25, 0.3) is 0 Å². The molecule has 0 bridgehead atoms. The maximum absolute atomic E-state index is 12.8. The quantitative estimate of drug-likeness (QED) is 0.848. The average Bonchev–Trinajstić information content (AvgIpc) is 3.17. The summed E-state index contributed by atoms with van der Waals surface area (Å²) in [5.74, 6) is 0.611. The van der Waals surface area contributed by atoms with Crippen LogP contribution >= 0.6 is 11.3 Å². The number of thiophene rings is 1. The van der Waals surface area contributed by atoms with Gasteiger partial charge in [-0.1, -0.05) is 18.2 Å². The predicted molar refractivity (Wildman–Crippen MR) is 102 cm³/mol. The largest absolute Gasteiger partial charge is 0.497 e. The minimum atomic E-state index is -0.246. The number of rotatable bonds is 6. The van der Waals surface area contributed by atoms with E-state index in [1.54, 1.807) is 30.4 Å². The van der Waals surface area contributed by atoms with Crippen LogP contribution in [0.2, 0.25) is 0 Å². The Morgan fingerprint density at radius 3 is 2.73 bits per heavy atom. The van der Waals surface area contributed by atoms with Crippen molar-refractivity contribution in [3.63, 3.8) is 0 Å². The van der Waals surface area contributed by atoms with Crippen LogP contribution in [0.5, 0.6) is 5.75 Å². The maximum atomic E-state index is 12.8. The van der Waals surface area contributed by atoms with E-state index < -0.39 is 0 Å². The monoisotopic (exact) mass is 372 g/mol. The molecule has 138 valence electrons. The summed E-state index contributed by atoms with van der Waals surface area (Å²) in [4.78, 5) is 28.0. The molecule has 1 aliphatic heterocycles. The smallest absolute Gasteiger partial charge is 0.225 e. The number of carbonyl (C=O) groups excluding carboxylic acids is 2. The van der Waals surface area contributed by atoms with Gasteiger partial charge in [0.05, 0.1) is 19.1 Å². The zero-order valence-corrected chi connectivity index (χ0v) is 15.9. The fourth-order valence-electron chi connectivity index (χ4n) is 3.46. The van der Waals surface area contributed by atoms with Crippen LogP contribution in [-0.2, 0) is 16.0 Å². The van der Waals surface area contributed by atoms with E-state index >= 15 is 0 Å². The van der Waals surface area contributed by atoms with E-state index in [4.69, 9.17) is 4.74 Å². The highest BCUT2D eigenvalue weighted by atomic mass is 32.1. The van der Waals surface area contributed by atoms with E-state index in [2.05, 4.69) is 11.4 Å². The SMILES string of the molecule is COc1ccc(C2C(C(=O)NCCc3cccs3)CCC(=O)N2C)cc1. The number of likely N-dealkylation sites (tertiary alicyclic amines) is 1. The summed E-state index contributed by atoms with van der Waals surface area (Å²) in [6, 6.07) is 11.5. The number of piperidine rings is 1. The molecular formula is C20H24N2O3S. The normalized spacial score (nSPS) is 20.1. The fraction of sp³-hybridized carbons (Fsp3) is 0.400. The summed E-state index contributed by atoms with van der Waals surface area (Å²) in [5.41, 5.74) is 0.958. The summed E-state index contributed by atoms with van der Waals surface area (Å²) < 4.78 is 5.21. The molecule has 3 rings (SSSR count). The van der Waals surface area contributed by atoms with Crippen LogP contribution in [0.1, 0.15) is 29.3 Å². The third kappa shape index (κ3) is 4.07. The van der Waals surface area contributed by atoms with E-state index in [-0.39, 0.29) is 23.8 Å². The minimum Gasteiger partial charge on any atom is -0.497 e. The highest BCUT2D eigenvalue weighted by Crippen LogP contribution is 2.36. The van der Waals surface area contributed by atoms with Crippen molar-refractivity contribution in [2.75, 3.05) is 20.7 Å². The molecule has 0 aliphatic carbocycles. The summed E-state index contributed by atoms with van der Waals surface area (Å²) in [5, 5.41) is 5.09. The third-order valence-corrected chi connectivity index (χ3v) is 5.84. The Balaban J connectivity index is 1.71. The van der Waals surface area contributed by atoms with E-state index in [0.29, 0.717) is 19.4 Å². The molecular weight excluding hydrogens is 348 g/mol. The first-order valence-electron chi connectivity index (χ1n) is 8.80. The van der Waals surface area contributed by atoms with Gasteiger partial charge in [0.1, 0.15) is 5.75 Å². The Bertz CT molecular complexity index is 743. The van der Waals surface area contributed by atoms with Crippen molar-refractivity contribution in [2.24, 2.45) is 5.92 Å². The van der Waals surface area contributed by atoms with Gasteiger partial charge in [-0.25, -0.2) is 0 Å². The van der Waals surface area contributed by atoms with Crippen molar-refractivity contribution < 1.29 is 14.3 Å². The van der Waals surface area contributed by atoms with Crippen molar-refractivity contribution >= 4 is 23.2 Å². The number of nitrogens with zero attached hydrogens (tertiary/aromatic N) is 1. The molecule has 2 unspecified atom stereocenters. The topological polar surface area (TPSA) is 58.6 Å². The molecule has 0 spiro atoms. The molecule has 1 aromatic carbocycles. The van der Waals surface area contributed by atoms with Gasteiger partial charge in [-0.2, -0.15) is 0 Å². The van der Waals surface area contributed by atoms with Gasteiger partial charge in [0.2, 0.25) is 11.8 Å². The predicted octanol–water partition coefficient (Wildman–Crippen LogP) is 3.03. The first-order valence-corrected chi connectivity index (χ1v) is 9.68. The first kappa shape index (κ1) is 18.5. The van der Waals surface area contributed by atoms with Gasteiger partial charge in [0, 0.05) is 24.9 Å². The minimum absolute atomic E-state index is 0.0155. The molecule has 1 N–H and O–H groups in total. The molecule has 1 aliphatic rings. The molecule has 1 saturated heterocycles. The van der Waals surface area contributed by atoms with E-state index in [0.717, 1.165) is 17.7 Å². The lowest BCUT2D eigenvalue weighted by Gasteiger charge is -2.38. The third-order valence-electron chi connectivity index (χ3n) is 4.91. The first-order chi connectivity index (χ1) is 12.6. The van der Waals surface area contributed by atoms with Crippen LogP contribution in [0.4, 0.5) is 0 Å². The number of amides is 2. The summed E-state index contributed by atoms with van der Waals surface area (Å²) in [6.45, 7) is 0.614. The van der Waals surface area contributed by atoms with Crippen molar-refractivity contribution in [3.8, 4) is 5.75 Å². The van der Waals surface area contributed by atoms with E-state index in [1.165, 1.54) is 4.88 Å². The molecule has 26 heavy (non-hydrogen) atoms. The lowest BCUT2D eigenvalue weighted by molar-refractivity contribution is -0.141. The fourth-order valence-corrected chi connectivity index (χ4v) is 4.17. The number of methoxy groups -OCH3 is 1. The molecule has 2 aromatic rings. The van der Waals surface area contributed by atoms with Crippen LogP contribution in [0.25, 0.3) is 0 Å². The van der Waals surface area contributed by atoms with Crippen LogP contribution in [0.15, 0.2) is 41.8 Å². The van der Waals surface area contributed by atoms with Gasteiger partial charge in [0.15, 0.2) is 0 Å². The molecule has 1 fully saturated rings. The summed E-state index contributed by atoms with van der Waals surface area (Å²) >= 11 is 1.70. The second-order valence-electron chi connectivity index (χ2n) is 6.49. The number of carbonyl (C=O) groups is 2. The number of ether oxygens (including phenoxy) is 1. The van der Waals surface area contributed by atoms with Crippen LogP contribution in [-0.4, -0.2) is 37.4 Å². The van der Waals surface area contributed by atoms with Crippen LogP contribution in [0.3, 0.4) is 0 Å². The lowest BCUT2D eigenvalue weighted by Crippen LogP contribution is -2.46. The zero-order chi connectivity index (χ0) is 18.5. The van der Waals surface area contributed by atoms with Gasteiger partial charge < -0.3 is 15.0 Å². The summed E-state index contributed by atoms with van der Waals surface area (Å²) in [6.07, 6.45) is 1.81. The second-order valence-corrected chi connectivity index (χ2v) is 7.52. The number of benzene rings is 1. The van der Waals surface area contributed by atoms with Crippen LogP contribution < -0.4 is 10.1 Å². The van der Waals surface area contributed by atoms with E-state index in [9.17, 15) is 9.59 Å². The number of nitrogens with one attached hydrogen (secondary N) is 1. The van der Waals surface area contributed by atoms with Crippen LogP contribution in [0, 0.1) is 5.92 Å². The Hall–Kier alpha value is -2.34. The summed E-state index contributed by atoms with van der Waals surface area (Å²) in [7, 11) is 3.40. The Morgan fingerprint density at radius 1 is 1.31 bits per heavy atom. The Morgan fingerprint density at radius 2 is 2.08 bits per heavy atom. The lowest BCUT2D eigenvalue weighted by atomic mass is 9.84. The standard InChI is InChI=1S/C20H24N2O3S/c1-22-18(23)10-9-17(19(22)14-5-7-15(25-2)8-6-14)20(24)21-12-11-16-4-3-13-26-16/h3-8,13,17,19H,9-12H2,1-2H3,(H,21,24). The Kier molecular flexibility index (Phi) is 5.93. The van der Waals surface area contributed by atoms with Crippen molar-refractivity contribution in [1.82, 2.24) is 10.2 Å². The molecule has 6 heteroatoms. The molecule has 2 amide bonds. The number of hydrogen-bond donors (Lipinski definition) is 1. The molecule has 2 heterocycles. The number of hydrogen-bond acceptors (Lipinski definition) is 4. The van der Waals surface area contributed by atoms with Gasteiger partial charge in [-0.15, -0.1) is 11.3 Å². The zero-order valence-electron chi connectivity index (χ0n) is 15.1. The molecule has 1 aromatic heterocycles. The van der Waals surface area contributed by atoms with Gasteiger partial charge in [-0.3, -0.25) is 9.59 Å². The molecule has 5 nitrogen and oxygen atoms in total. The van der Waals surface area contributed by atoms with Crippen molar-refractivity contribution in [1.29, 1.82) is 0 Å². The maximum Gasteiger partial charge on any atom is 0.225 e. The highest BCUT2D eigenvalue weighted by molar-refractivity contribution is 7.09. The molecule has 0 radical (unpaired) electrons. The van der Waals surface area contributed by atoms with E-state index in [1.807, 2.05) is 35.7 Å². The molecule has 0 saturated carbocycles. The van der Waals surface area contributed by atoms with Crippen molar-refractivity contribution in [3.05, 3.63) is 52.2 Å². The van der Waals surface area contributed by atoms with Gasteiger partial charge >= 0.3 is 0 Å². The average molecular weight is 372 g/mol. The van der Waals surface area contributed by atoms with Gasteiger partial charge in [-0.05, 0) is 42.0 Å². The Labute approximate surface area is 158 Å². The highest BCUT2D eigenvalue weighted by Gasteiger charge is 2.38. The second kappa shape index (κ2) is 8.36.